The van der Waals surface area contributed by atoms with Gasteiger partial charge in [-0.15, -0.1) is 0 Å². The molecule has 1 aromatic heterocycles. The molecule has 1 atom stereocenters. The molecule has 66 valence electrons. The highest BCUT2D eigenvalue weighted by atomic mass is 16.5. The normalized spacial score (nSPS) is 12.6. The number of methoxy groups -OCH3 is 1. The Morgan fingerprint density at radius 1 is 1.67 bits per heavy atom. The molecule has 0 fully saturated rings. The second kappa shape index (κ2) is 4.07. The second-order valence-corrected chi connectivity index (χ2v) is 2.65. The predicted octanol–water partition coefficient (Wildman–Crippen LogP) is 1.50. The maximum Gasteiger partial charge on any atom is 0.213 e. The molecule has 3 heteroatoms. The Morgan fingerprint density at radius 3 is 3.00 bits per heavy atom. The van der Waals surface area contributed by atoms with Crippen LogP contribution >= 0.6 is 0 Å². The van der Waals surface area contributed by atoms with Crippen LogP contribution in [0.15, 0.2) is 18.3 Å². The third kappa shape index (κ3) is 1.95. The van der Waals surface area contributed by atoms with Crippen LogP contribution in [0.3, 0.4) is 0 Å². The summed E-state index contributed by atoms with van der Waals surface area (Å²) in [6.45, 7) is 2.05. The van der Waals surface area contributed by atoms with E-state index in [-0.39, 0.29) is 6.04 Å². The molecule has 1 unspecified atom stereocenters. The van der Waals surface area contributed by atoms with Crippen LogP contribution in [0.2, 0.25) is 0 Å². The van der Waals surface area contributed by atoms with Gasteiger partial charge in [-0.2, -0.15) is 0 Å². The van der Waals surface area contributed by atoms with Crippen molar-refractivity contribution < 1.29 is 4.74 Å². The average molecular weight is 166 g/mol. The van der Waals surface area contributed by atoms with Crippen molar-refractivity contribution in [3.05, 3.63) is 23.9 Å². The highest BCUT2D eigenvalue weighted by Crippen LogP contribution is 2.16. The van der Waals surface area contributed by atoms with Gasteiger partial charge in [-0.1, -0.05) is 6.92 Å². The van der Waals surface area contributed by atoms with Crippen molar-refractivity contribution in [1.29, 1.82) is 0 Å². The third-order valence-corrected chi connectivity index (χ3v) is 1.84. The molecule has 1 heterocycles. The van der Waals surface area contributed by atoms with E-state index in [4.69, 9.17) is 10.5 Å². The first-order valence-electron chi connectivity index (χ1n) is 4.03. The first-order valence-corrected chi connectivity index (χ1v) is 4.03. The topological polar surface area (TPSA) is 48.1 Å². The van der Waals surface area contributed by atoms with Gasteiger partial charge in [0.25, 0.3) is 0 Å². The van der Waals surface area contributed by atoms with Crippen molar-refractivity contribution in [3.8, 4) is 5.88 Å². The molecule has 1 aromatic rings. The van der Waals surface area contributed by atoms with Crippen LogP contribution in [-0.4, -0.2) is 12.1 Å². The summed E-state index contributed by atoms with van der Waals surface area (Å²) in [6, 6.07) is 3.87. The predicted molar refractivity (Wildman–Crippen MR) is 48.0 cm³/mol. The van der Waals surface area contributed by atoms with Gasteiger partial charge in [0.2, 0.25) is 5.88 Å². The summed E-state index contributed by atoms with van der Waals surface area (Å²) in [5.74, 6) is 0.622. The van der Waals surface area contributed by atoms with Gasteiger partial charge in [0, 0.05) is 18.3 Å². The molecule has 0 aliphatic heterocycles. The van der Waals surface area contributed by atoms with Crippen LogP contribution in [0.5, 0.6) is 5.88 Å². The summed E-state index contributed by atoms with van der Waals surface area (Å²) in [5, 5.41) is 0. The lowest BCUT2D eigenvalue weighted by Gasteiger charge is -2.09. The van der Waals surface area contributed by atoms with Crippen LogP contribution in [0.4, 0.5) is 0 Å². The Hall–Kier alpha value is -1.09. The maximum absolute atomic E-state index is 5.83. The monoisotopic (exact) mass is 166 g/mol. The number of nitrogens with two attached hydrogens (primary N) is 1. The zero-order valence-electron chi connectivity index (χ0n) is 7.45. The molecule has 0 aromatic carbocycles. The molecule has 0 amide bonds. The van der Waals surface area contributed by atoms with Gasteiger partial charge in [-0.25, -0.2) is 4.98 Å². The first-order chi connectivity index (χ1) is 5.77. The Morgan fingerprint density at radius 2 is 2.42 bits per heavy atom. The number of nitrogens with zero attached hydrogens (tertiary/aromatic N) is 1. The summed E-state index contributed by atoms with van der Waals surface area (Å²) in [6.07, 6.45) is 2.64. The minimum absolute atomic E-state index is 0.0851. The molecular weight excluding hydrogens is 152 g/mol. The fourth-order valence-electron chi connectivity index (χ4n) is 1.00. The Balaban J connectivity index is 2.86. The van der Waals surface area contributed by atoms with E-state index in [0.29, 0.717) is 5.88 Å². The Bertz CT molecular complexity index is 250. The van der Waals surface area contributed by atoms with Gasteiger partial charge in [-0.3, -0.25) is 0 Å². The first kappa shape index (κ1) is 9.00. The third-order valence-electron chi connectivity index (χ3n) is 1.84. The summed E-state index contributed by atoms with van der Waals surface area (Å²) in [5.41, 5.74) is 6.91. The van der Waals surface area contributed by atoms with E-state index in [9.17, 15) is 0 Å². The zero-order valence-corrected chi connectivity index (χ0v) is 7.45. The number of rotatable bonds is 3. The molecule has 0 saturated heterocycles. The summed E-state index contributed by atoms with van der Waals surface area (Å²) in [7, 11) is 1.60. The fourth-order valence-corrected chi connectivity index (χ4v) is 1.00. The van der Waals surface area contributed by atoms with Gasteiger partial charge in [0.15, 0.2) is 0 Å². The van der Waals surface area contributed by atoms with Crippen molar-refractivity contribution in [2.24, 2.45) is 5.73 Å². The Kier molecular flexibility index (Phi) is 3.05. The molecule has 0 spiro atoms. The van der Waals surface area contributed by atoms with E-state index in [1.807, 2.05) is 12.1 Å². The lowest BCUT2D eigenvalue weighted by molar-refractivity contribution is 0.396. The number of pyridine rings is 1. The van der Waals surface area contributed by atoms with Crippen LogP contribution < -0.4 is 10.5 Å². The van der Waals surface area contributed by atoms with Crippen LogP contribution in [0.1, 0.15) is 24.9 Å². The van der Waals surface area contributed by atoms with Gasteiger partial charge < -0.3 is 10.5 Å². The molecule has 0 aliphatic carbocycles. The number of hydrogen-bond donors (Lipinski definition) is 1. The number of hydrogen-bond acceptors (Lipinski definition) is 3. The minimum Gasteiger partial charge on any atom is -0.481 e. The average Bonchev–Trinajstić information content (AvgIpc) is 2.17. The SMILES string of the molecule is CCC(N)c1ccnc(OC)c1. The van der Waals surface area contributed by atoms with Gasteiger partial charge in [0.1, 0.15) is 0 Å². The van der Waals surface area contributed by atoms with E-state index in [2.05, 4.69) is 11.9 Å². The molecule has 0 aliphatic rings. The quantitative estimate of drug-likeness (QED) is 0.740. The lowest BCUT2D eigenvalue weighted by Crippen LogP contribution is -2.08. The molecule has 3 nitrogen and oxygen atoms in total. The fraction of sp³-hybridized carbons (Fsp3) is 0.444. The molecular formula is C9H14N2O. The van der Waals surface area contributed by atoms with E-state index in [1.165, 1.54) is 0 Å². The van der Waals surface area contributed by atoms with Crippen molar-refractivity contribution in [2.75, 3.05) is 7.11 Å². The largest absolute Gasteiger partial charge is 0.481 e. The minimum atomic E-state index is 0.0851. The summed E-state index contributed by atoms with van der Waals surface area (Å²) in [4.78, 5) is 4.00. The van der Waals surface area contributed by atoms with Crippen molar-refractivity contribution in [1.82, 2.24) is 4.98 Å². The lowest BCUT2D eigenvalue weighted by atomic mass is 10.1. The van der Waals surface area contributed by atoms with Gasteiger partial charge >= 0.3 is 0 Å². The molecule has 12 heavy (non-hydrogen) atoms. The van der Waals surface area contributed by atoms with Gasteiger partial charge in [0.05, 0.1) is 7.11 Å². The standard InChI is InChI=1S/C9H14N2O/c1-3-8(10)7-4-5-11-9(6-7)12-2/h4-6,8H,3,10H2,1-2H3. The highest BCUT2D eigenvalue weighted by Gasteiger charge is 2.03. The van der Waals surface area contributed by atoms with E-state index < -0.39 is 0 Å². The maximum atomic E-state index is 5.83. The molecule has 0 saturated carbocycles. The van der Waals surface area contributed by atoms with Crippen molar-refractivity contribution in [3.63, 3.8) is 0 Å². The zero-order chi connectivity index (χ0) is 8.97. The highest BCUT2D eigenvalue weighted by molar-refractivity contribution is 5.23. The molecule has 0 radical (unpaired) electrons. The number of aromatic nitrogens is 1. The van der Waals surface area contributed by atoms with Crippen molar-refractivity contribution >= 4 is 0 Å². The van der Waals surface area contributed by atoms with Crippen LogP contribution in [-0.2, 0) is 0 Å². The Labute approximate surface area is 72.6 Å². The molecule has 0 bridgehead atoms. The molecule has 1 rings (SSSR count). The summed E-state index contributed by atoms with van der Waals surface area (Å²) >= 11 is 0. The molecule has 2 N–H and O–H groups in total. The second-order valence-electron chi connectivity index (χ2n) is 2.65. The van der Waals surface area contributed by atoms with Crippen LogP contribution in [0.25, 0.3) is 0 Å². The number of ether oxygens (including phenoxy) is 1. The van der Waals surface area contributed by atoms with Crippen molar-refractivity contribution in [2.45, 2.75) is 19.4 Å². The smallest absolute Gasteiger partial charge is 0.213 e. The van der Waals surface area contributed by atoms with Crippen LogP contribution in [0, 0.1) is 0 Å². The van der Waals surface area contributed by atoms with Gasteiger partial charge in [-0.05, 0) is 18.1 Å². The summed E-state index contributed by atoms with van der Waals surface area (Å²) < 4.78 is 4.98. The van der Waals surface area contributed by atoms with E-state index in [0.717, 1.165) is 12.0 Å². The van der Waals surface area contributed by atoms with E-state index >= 15 is 0 Å². The van der Waals surface area contributed by atoms with E-state index in [1.54, 1.807) is 13.3 Å².